The smallest absolute Gasteiger partial charge is 0.407 e. The van der Waals surface area contributed by atoms with Crippen molar-refractivity contribution in [3.05, 3.63) is 88.5 Å². The van der Waals surface area contributed by atoms with Gasteiger partial charge in [-0.2, -0.15) is 0 Å². The predicted molar refractivity (Wildman–Crippen MR) is 141 cm³/mol. The quantitative estimate of drug-likeness (QED) is 0.487. The van der Waals surface area contributed by atoms with Crippen LogP contribution in [0.5, 0.6) is 0 Å². The number of likely N-dealkylation sites (tertiary alicyclic amines) is 1. The predicted octanol–water partition coefficient (Wildman–Crippen LogP) is 4.17. The van der Waals surface area contributed by atoms with Crippen LogP contribution >= 0.6 is 11.6 Å². The zero-order valence-electron chi connectivity index (χ0n) is 20.7. The van der Waals surface area contributed by atoms with Crippen LogP contribution in [0.25, 0.3) is 0 Å². The highest BCUT2D eigenvalue weighted by Gasteiger charge is 2.30. The number of nitrogens with zero attached hydrogens (tertiary/aromatic N) is 4. The fraction of sp³-hybridized carbons (Fsp3) is 0.393. The summed E-state index contributed by atoms with van der Waals surface area (Å²) in [6.07, 6.45) is 5.14. The number of nitrogens with one attached hydrogen (secondary N) is 1. The van der Waals surface area contributed by atoms with Gasteiger partial charge in [0.15, 0.2) is 0 Å². The monoisotopic (exact) mass is 521 g/mol. The van der Waals surface area contributed by atoms with Gasteiger partial charge >= 0.3 is 6.09 Å². The number of benzene rings is 2. The second kappa shape index (κ2) is 11.4. The van der Waals surface area contributed by atoms with Crippen LogP contribution in [0.3, 0.4) is 0 Å². The zero-order chi connectivity index (χ0) is 25.8. The summed E-state index contributed by atoms with van der Waals surface area (Å²) in [7, 11) is 0. The fourth-order valence-corrected chi connectivity index (χ4v) is 5.56. The van der Waals surface area contributed by atoms with Gasteiger partial charge in [0.1, 0.15) is 0 Å². The van der Waals surface area contributed by atoms with Gasteiger partial charge in [-0.15, -0.1) is 0 Å². The second-order valence-corrected chi connectivity index (χ2v) is 10.4. The van der Waals surface area contributed by atoms with Crippen molar-refractivity contribution in [1.82, 2.24) is 24.7 Å². The summed E-state index contributed by atoms with van der Waals surface area (Å²) >= 11 is 6.20. The normalized spacial score (nSPS) is 18.5. The van der Waals surface area contributed by atoms with Crippen molar-refractivity contribution in [2.45, 2.75) is 51.5 Å². The maximum atomic E-state index is 13.7. The maximum absolute atomic E-state index is 13.7. The van der Waals surface area contributed by atoms with E-state index in [0.717, 1.165) is 30.6 Å². The molecule has 2 aromatic carbocycles. The van der Waals surface area contributed by atoms with E-state index in [1.54, 1.807) is 0 Å². The number of hydrogen-bond donors (Lipinski definition) is 2. The summed E-state index contributed by atoms with van der Waals surface area (Å²) in [4.78, 5) is 32.7. The van der Waals surface area contributed by atoms with Gasteiger partial charge < -0.3 is 19.5 Å². The molecular formula is C28H32ClN5O3. The first-order chi connectivity index (χ1) is 18.0. The number of carboxylic acid groups (broad SMARTS) is 1. The number of carbonyl (C=O) groups excluding carboxylic acids is 1. The third-order valence-corrected chi connectivity index (χ3v) is 7.68. The van der Waals surface area contributed by atoms with Gasteiger partial charge in [0.05, 0.1) is 18.1 Å². The van der Waals surface area contributed by atoms with E-state index in [4.69, 9.17) is 11.6 Å². The molecule has 1 unspecified atom stereocenters. The van der Waals surface area contributed by atoms with E-state index in [0.29, 0.717) is 50.1 Å². The van der Waals surface area contributed by atoms with E-state index >= 15 is 0 Å². The van der Waals surface area contributed by atoms with Crippen LogP contribution in [0, 0.1) is 5.92 Å². The lowest BCUT2D eigenvalue weighted by molar-refractivity contribution is -0.134. The lowest BCUT2D eigenvalue weighted by Gasteiger charge is -2.30. The highest BCUT2D eigenvalue weighted by atomic mass is 35.5. The summed E-state index contributed by atoms with van der Waals surface area (Å²) in [6.45, 7) is 3.53. The van der Waals surface area contributed by atoms with Crippen LogP contribution < -0.4 is 5.32 Å². The van der Waals surface area contributed by atoms with Gasteiger partial charge in [0, 0.05) is 50.5 Å². The molecule has 0 spiro atoms. The number of aromatic nitrogens is 2. The molecule has 2 N–H and O–H groups in total. The summed E-state index contributed by atoms with van der Waals surface area (Å²) in [6, 6.07) is 15.6. The first kappa shape index (κ1) is 25.3. The molecule has 2 aliphatic rings. The molecule has 5 rings (SSSR count). The molecule has 1 saturated heterocycles. The van der Waals surface area contributed by atoms with E-state index in [2.05, 4.69) is 27.0 Å². The topological polar surface area (TPSA) is 90.7 Å². The molecule has 1 atom stereocenters. The molecule has 194 valence electrons. The number of hydrogen-bond acceptors (Lipinski definition) is 4. The van der Waals surface area contributed by atoms with Gasteiger partial charge in [0.25, 0.3) is 0 Å². The Labute approximate surface area is 221 Å². The second-order valence-electron chi connectivity index (χ2n) is 9.98. The largest absolute Gasteiger partial charge is 0.465 e. The standard InChI is InChI=1S/C28H32ClN5O3/c29-24-7-3-4-21(12-24)17-33-18-23-6-2-1-5-22(23)13-26(27(33)35)31-15-25-14-30-19-34(25)16-20-8-10-32(11-9-20)28(36)37/h1-7,12,14,19-20,26,31H,8-11,13,15-18H2,(H,36,37). The van der Waals surface area contributed by atoms with Gasteiger partial charge in [-0.3, -0.25) is 10.1 Å². The summed E-state index contributed by atoms with van der Waals surface area (Å²) in [5.41, 5.74) is 4.37. The molecule has 0 bridgehead atoms. The number of rotatable bonds is 7. The summed E-state index contributed by atoms with van der Waals surface area (Å²) in [5.74, 6) is 0.478. The number of carbonyl (C=O) groups is 2. The lowest BCUT2D eigenvalue weighted by atomic mass is 9.97. The van der Waals surface area contributed by atoms with Gasteiger partial charge in [-0.1, -0.05) is 48.0 Å². The van der Waals surface area contributed by atoms with Crippen LogP contribution in [-0.2, 0) is 37.4 Å². The molecule has 1 fully saturated rings. The molecule has 37 heavy (non-hydrogen) atoms. The Kier molecular flexibility index (Phi) is 7.76. The Morgan fingerprint density at radius 1 is 1.11 bits per heavy atom. The minimum atomic E-state index is -0.843. The molecule has 0 saturated carbocycles. The molecule has 3 heterocycles. The van der Waals surface area contributed by atoms with Gasteiger partial charge in [0.2, 0.25) is 5.91 Å². The minimum Gasteiger partial charge on any atom is -0.465 e. The van der Waals surface area contributed by atoms with E-state index in [-0.39, 0.29) is 11.9 Å². The Morgan fingerprint density at radius 3 is 2.65 bits per heavy atom. The Bertz CT molecular complexity index is 1250. The highest BCUT2D eigenvalue weighted by Crippen LogP contribution is 2.23. The van der Waals surface area contributed by atoms with E-state index in [9.17, 15) is 14.7 Å². The average molecular weight is 522 g/mol. The number of halogens is 1. The van der Waals surface area contributed by atoms with Crippen molar-refractivity contribution >= 4 is 23.6 Å². The number of amides is 2. The molecular weight excluding hydrogens is 490 g/mol. The van der Waals surface area contributed by atoms with E-state index in [1.807, 2.05) is 53.8 Å². The van der Waals surface area contributed by atoms with Crippen molar-refractivity contribution < 1.29 is 14.7 Å². The van der Waals surface area contributed by atoms with Crippen LogP contribution in [0.2, 0.25) is 5.02 Å². The van der Waals surface area contributed by atoms with Gasteiger partial charge in [-0.25, -0.2) is 9.78 Å². The Hall–Kier alpha value is -3.36. The maximum Gasteiger partial charge on any atom is 0.407 e. The first-order valence-electron chi connectivity index (χ1n) is 12.8. The SMILES string of the molecule is O=C(O)N1CCC(Cn2cncc2CNC2Cc3ccccc3CN(Cc3cccc(Cl)c3)C2=O)CC1. The van der Waals surface area contributed by atoms with Crippen LogP contribution in [0.4, 0.5) is 4.79 Å². The van der Waals surface area contributed by atoms with Crippen molar-refractivity contribution in [3.63, 3.8) is 0 Å². The number of fused-ring (bicyclic) bond motifs is 1. The Balaban J connectivity index is 1.27. The summed E-state index contributed by atoms with van der Waals surface area (Å²) < 4.78 is 2.13. The van der Waals surface area contributed by atoms with Crippen molar-refractivity contribution in [2.75, 3.05) is 13.1 Å². The van der Waals surface area contributed by atoms with Crippen molar-refractivity contribution in [1.29, 1.82) is 0 Å². The fourth-order valence-electron chi connectivity index (χ4n) is 5.34. The first-order valence-corrected chi connectivity index (χ1v) is 13.1. The molecule has 0 aliphatic carbocycles. The van der Waals surface area contributed by atoms with Gasteiger partial charge in [-0.05, 0) is 54.0 Å². The van der Waals surface area contributed by atoms with Crippen LogP contribution in [0.1, 0.15) is 35.2 Å². The zero-order valence-corrected chi connectivity index (χ0v) is 21.5. The third-order valence-electron chi connectivity index (χ3n) is 7.44. The molecule has 2 amide bonds. The van der Waals surface area contributed by atoms with Crippen molar-refractivity contribution in [3.8, 4) is 0 Å². The number of piperidine rings is 1. The molecule has 0 radical (unpaired) electrons. The molecule has 3 aromatic rings. The molecule has 2 aliphatic heterocycles. The Morgan fingerprint density at radius 2 is 1.89 bits per heavy atom. The molecule has 9 heteroatoms. The van der Waals surface area contributed by atoms with E-state index < -0.39 is 6.09 Å². The third kappa shape index (κ3) is 6.14. The molecule has 8 nitrogen and oxygen atoms in total. The molecule has 1 aromatic heterocycles. The van der Waals surface area contributed by atoms with E-state index in [1.165, 1.54) is 16.0 Å². The van der Waals surface area contributed by atoms with Crippen LogP contribution in [-0.4, -0.2) is 55.6 Å². The van der Waals surface area contributed by atoms with Crippen molar-refractivity contribution in [2.24, 2.45) is 5.92 Å². The van der Waals surface area contributed by atoms with Crippen LogP contribution in [0.15, 0.2) is 61.1 Å². The lowest BCUT2D eigenvalue weighted by Crippen LogP contribution is -2.45. The minimum absolute atomic E-state index is 0.0725. The highest BCUT2D eigenvalue weighted by molar-refractivity contribution is 6.30. The number of imidazole rings is 1. The average Bonchev–Trinajstić information content (AvgIpc) is 3.28. The summed E-state index contributed by atoms with van der Waals surface area (Å²) in [5, 5.41) is 13.4.